The van der Waals surface area contributed by atoms with Crippen molar-refractivity contribution in [1.29, 1.82) is 0 Å². The van der Waals surface area contributed by atoms with Crippen LogP contribution in [0.25, 0.3) is 0 Å². The molecule has 15 heteroatoms. The molecular weight excluding hydrogens is 706 g/mol. The first kappa shape index (κ1) is 36.2. The molecule has 2 aliphatic carbocycles. The second-order valence-electron chi connectivity index (χ2n) is 13.0. The normalized spacial score (nSPS) is 21.3. The standard InChI is InChI=1S/C40H35N7O8/c41-36(50)28-20-44-29-14-13-24(19-27(29)35(28)45-25-5-2-1-3-6-25)22-9-11-23(12-10-22)37(51)43-18-17-42-33(49)21-55-31-8-4-7-26-34(31)40(54)47(39(26)53)30-15-16-32(48)46-38(30)52/h1-9,11-14,19-20,29-30,45H,10,15-18,21H2,(H2,41,50)(H,42,49)(H,43,51)(H,46,48,52). The predicted molar refractivity (Wildman–Crippen MR) is 199 cm³/mol. The van der Waals surface area contributed by atoms with Crippen molar-refractivity contribution in [2.24, 2.45) is 10.7 Å². The maximum absolute atomic E-state index is 13.2. The minimum Gasteiger partial charge on any atom is -0.483 e. The molecule has 2 aromatic rings. The maximum atomic E-state index is 13.2. The van der Waals surface area contributed by atoms with E-state index in [4.69, 9.17) is 10.5 Å². The van der Waals surface area contributed by atoms with E-state index in [0.29, 0.717) is 17.7 Å². The number of ether oxygens (including phenoxy) is 1. The number of rotatable bonds is 11. The van der Waals surface area contributed by atoms with Crippen LogP contribution < -0.4 is 31.7 Å². The zero-order chi connectivity index (χ0) is 38.6. The summed E-state index contributed by atoms with van der Waals surface area (Å²) in [5.74, 6) is -4.08. The number of para-hydroxylation sites is 1. The van der Waals surface area contributed by atoms with Gasteiger partial charge in [0.15, 0.2) is 6.61 Å². The van der Waals surface area contributed by atoms with E-state index in [2.05, 4.69) is 26.3 Å². The van der Waals surface area contributed by atoms with Gasteiger partial charge in [0, 0.05) is 42.6 Å². The molecule has 278 valence electrons. The van der Waals surface area contributed by atoms with Crippen LogP contribution in [0, 0.1) is 0 Å². The van der Waals surface area contributed by atoms with Crippen LogP contribution in [0.15, 0.2) is 124 Å². The zero-order valence-electron chi connectivity index (χ0n) is 29.3. The van der Waals surface area contributed by atoms with Crippen molar-refractivity contribution in [2.75, 3.05) is 25.0 Å². The van der Waals surface area contributed by atoms with Gasteiger partial charge in [0.2, 0.25) is 11.8 Å². The smallest absolute Gasteiger partial charge is 0.266 e. The number of aliphatic imine (C=N–C) groups is 1. The van der Waals surface area contributed by atoms with Gasteiger partial charge in [-0.1, -0.05) is 48.6 Å². The number of fused-ring (bicyclic) bond motifs is 2. The zero-order valence-corrected chi connectivity index (χ0v) is 29.3. The van der Waals surface area contributed by atoms with Crippen molar-refractivity contribution in [3.63, 3.8) is 0 Å². The number of dihydropyridines is 1. The van der Waals surface area contributed by atoms with Gasteiger partial charge in [-0.3, -0.25) is 48.8 Å². The fraction of sp³-hybridized carbons (Fsp3) is 0.200. The third-order valence-electron chi connectivity index (χ3n) is 9.48. The van der Waals surface area contributed by atoms with Crippen LogP contribution in [0.5, 0.6) is 5.75 Å². The number of primary amides is 1. The van der Waals surface area contributed by atoms with Crippen molar-refractivity contribution in [3.05, 3.63) is 130 Å². The summed E-state index contributed by atoms with van der Waals surface area (Å²) in [7, 11) is 0. The van der Waals surface area contributed by atoms with Gasteiger partial charge in [0.1, 0.15) is 11.8 Å². The highest BCUT2D eigenvalue weighted by Crippen LogP contribution is 2.35. The van der Waals surface area contributed by atoms with E-state index in [1.54, 1.807) is 12.2 Å². The van der Waals surface area contributed by atoms with Crippen LogP contribution >= 0.6 is 0 Å². The quantitative estimate of drug-likeness (QED) is 0.167. The number of hydrogen-bond acceptors (Lipinski definition) is 10. The number of carbonyl (C=O) groups is 7. The minimum atomic E-state index is -1.13. The third kappa shape index (κ3) is 7.53. The Hall–Kier alpha value is -7.16. The molecule has 1 fully saturated rings. The van der Waals surface area contributed by atoms with E-state index in [1.165, 1.54) is 24.4 Å². The number of amides is 7. The Morgan fingerprint density at radius 1 is 0.945 bits per heavy atom. The Balaban J connectivity index is 0.903. The number of nitrogens with two attached hydrogens (primary N) is 1. The lowest BCUT2D eigenvalue weighted by Gasteiger charge is -2.27. The molecule has 5 aliphatic rings. The van der Waals surface area contributed by atoms with Gasteiger partial charge in [0.05, 0.1) is 28.4 Å². The molecule has 2 atom stereocenters. The number of allylic oxidation sites excluding steroid dienone is 6. The van der Waals surface area contributed by atoms with Gasteiger partial charge in [-0.2, -0.15) is 0 Å². The second kappa shape index (κ2) is 15.4. The van der Waals surface area contributed by atoms with E-state index < -0.39 is 48.1 Å². The van der Waals surface area contributed by atoms with Gasteiger partial charge in [-0.05, 0) is 60.4 Å². The summed E-state index contributed by atoms with van der Waals surface area (Å²) in [6.07, 6.45) is 13.2. The molecule has 2 aromatic carbocycles. The molecule has 0 aromatic heterocycles. The molecule has 3 heterocycles. The first-order chi connectivity index (χ1) is 26.6. The molecule has 7 rings (SSSR count). The molecule has 15 nitrogen and oxygen atoms in total. The van der Waals surface area contributed by atoms with E-state index in [-0.39, 0.29) is 60.3 Å². The van der Waals surface area contributed by atoms with Crippen molar-refractivity contribution < 1.29 is 38.3 Å². The lowest BCUT2D eigenvalue weighted by Crippen LogP contribution is -2.54. The van der Waals surface area contributed by atoms with Crippen LogP contribution in [0.2, 0.25) is 0 Å². The third-order valence-corrected chi connectivity index (χ3v) is 9.48. The SMILES string of the molecule is NC(=O)C1=C(Nc2ccccc2)C2=CC(=C3C=CC(C(=O)NCCNC(=O)COc4cccc5c4C(=O)N(C4CCC(=O)NC4=O)C5=O)=CC3)C=CC2N=C1. The number of hydrogen-bond donors (Lipinski definition) is 5. The highest BCUT2D eigenvalue weighted by atomic mass is 16.5. The van der Waals surface area contributed by atoms with E-state index in [9.17, 15) is 33.6 Å². The molecule has 3 aliphatic heterocycles. The Kier molecular flexibility index (Phi) is 10.2. The summed E-state index contributed by atoms with van der Waals surface area (Å²) < 4.78 is 5.60. The number of benzene rings is 2. The molecule has 55 heavy (non-hydrogen) atoms. The van der Waals surface area contributed by atoms with Crippen LogP contribution in [0.1, 0.15) is 40.0 Å². The number of piperidine rings is 1. The monoisotopic (exact) mass is 741 g/mol. The summed E-state index contributed by atoms with van der Waals surface area (Å²) in [6, 6.07) is 12.4. The molecule has 6 N–H and O–H groups in total. The molecular formula is C40H35N7O8. The Morgan fingerprint density at radius 2 is 1.75 bits per heavy atom. The topological polar surface area (TPSA) is 218 Å². The fourth-order valence-electron chi connectivity index (χ4n) is 6.72. The molecule has 0 saturated carbocycles. The Morgan fingerprint density at radius 3 is 2.49 bits per heavy atom. The van der Waals surface area contributed by atoms with Crippen LogP contribution in [0.3, 0.4) is 0 Å². The summed E-state index contributed by atoms with van der Waals surface area (Å²) >= 11 is 0. The van der Waals surface area contributed by atoms with Gasteiger partial charge >= 0.3 is 0 Å². The number of anilines is 1. The number of carbonyl (C=O) groups excluding carboxylic acids is 7. The highest BCUT2D eigenvalue weighted by molar-refractivity contribution is 6.24. The Bertz CT molecular complexity index is 2260. The summed E-state index contributed by atoms with van der Waals surface area (Å²) in [4.78, 5) is 93.3. The van der Waals surface area contributed by atoms with Crippen LogP contribution in [-0.4, -0.2) is 84.2 Å². The van der Waals surface area contributed by atoms with Crippen LogP contribution in [-0.2, 0) is 24.0 Å². The average Bonchev–Trinajstić information content (AvgIpc) is 3.44. The lowest BCUT2D eigenvalue weighted by atomic mass is 9.87. The number of nitrogens with zero attached hydrogens (tertiary/aromatic N) is 2. The first-order valence-electron chi connectivity index (χ1n) is 17.5. The van der Waals surface area contributed by atoms with Gasteiger partial charge in [-0.25, -0.2) is 0 Å². The second-order valence-corrected chi connectivity index (χ2v) is 13.0. The van der Waals surface area contributed by atoms with Gasteiger partial charge < -0.3 is 26.4 Å². The summed E-state index contributed by atoms with van der Waals surface area (Å²) in [6.45, 7) is -0.256. The van der Waals surface area contributed by atoms with Crippen LogP contribution in [0.4, 0.5) is 5.69 Å². The highest BCUT2D eigenvalue weighted by Gasteiger charge is 2.46. The van der Waals surface area contributed by atoms with Crippen molar-refractivity contribution in [1.82, 2.24) is 20.9 Å². The summed E-state index contributed by atoms with van der Waals surface area (Å²) in [5.41, 5.74) is 10.4. The molecule has 0 spiro atoms. The minimum absolute atomic E-state index is 0.00241. The molecule has 1 saturated heterocycles. The van der Waals surface area contributed by atoms with Crippen molar-refractivity contribution in [2.45, 2.75) is 31.3 Å². The van der Waals surface area contributed by atoms with Crippen molar-refractivity contribution in [3.8, 4) is 5.75 Å². The maximum Gasteiger partial charge on any atom is 0.266 e. The molecule has 7 amide bonds. The average molecular weight is 742 g/mol. The van der Waals surface area contributed by atoms with Gasteiger partial charge in [0.25, 0.3) is 29.5 Å². The van der Waals surface area contributed by atoms with E-state index in [0.717, 1.165) is 27.3 Å². The lowest BCUT2D eigenvalue weighted by molar-refractivity contribution is -0.136. The van der Waals surface area contributed by atoms with E-state index in [1.807, 2.05) is 54.6 Å². The van der Waals surface area contributed by atoms with E-state index >= 15 is 0 Å². The first-order valence-corrected chi connectivity index (χ1v) is 17.5. The fourth-order valence-corrected chi connectivity index (χ4v) is 6.72. The molecule has 0 radical (unpaired) electrons. The van der Waals surface area contributed by atoms with Crippen molar-refractivity contribution >= 4 is 53.3 Å². The largest absolute Gasteiger partial charge is 0.483 e. The number of nitrogens with one attached hydrogen (secondary N) is 4. The number of imide groups is 2. The van der Waals surface area contributed by atoms with Gasteiger partial charge in [-0.15, -0.1) is 0 Å². The predicted octanol–water partition coefficient (Wildman–Crippen LogP) is 1.68. The molecule has 2 unspecified atom stereocenters. The summed E-state index contributed by atoms with van der Waals surface area (Å²) in [5, 5.41) is 10.9. The Labute approximate surface area is 314 Å². The molecule has 0 bridgehead atoms.